The summed E-state index contributed by atoms with van der Waals surface area (Å²) in [5.74, 6) is 1.60. The molecule has 1 aliphatic carbocycles. The quantitative estimate of drug-likeness (QED) is 0.778. The molecule has 106 valence electrons. The molecule has 3 heterocycles. The minimum Gasteiger partial charge on any atom is -0.472 e. The monoisotopic (exact) mass is 298 g/mol. The predicted octanol–water partition coefficient (Wildman–Crippen LogP) is 3.68. The van der Waals surface area contributed by atoms with Crippen molar-refractivity contribution in [2.75, 3.05) is 5.32 Å². The van der Waals surface area contributed by atoms with E-state index in [4.69, 9.17) is 4.42 Å². The van der Waals surface area contributed by atoms with Gasteiger partial charge in [-0.3, -0.25) is 4.98 Å². The van der Waals surface area contributed by atoms with Gasteiger partial charge in [0.1, 0.15) is 5.82 Å². The van der Waals surface area contributed by atoms with Crippen molar-refractivity contribution < 1.29 is 4.42 Å². The van der Waals surface area contributed by atoms with Crippen LogP contribution in [-0.2, 0) is 6.54 Å². The molecule has 0 atom stereocenters. The Morgan fingerprint density at radius 2 is 2.24 bits per heavy atom. The molecule has 3 aromatic rings. The first-order valence-corrected chi connectivity index (χ1v) is 7.71. The van der Waals surface area contributed by atoms with Crippen molar-refractivity contribution in [3.63, 3.8) is 0 Å². The second-order valence-corrected chi connectivity index (χ2v) is 5.90. The molecule has 5 nitrogen and oxygen atoms in total. The van der Waals surface area contributed by atoms with E-state index in [1.54, 1.807) is 12.5 Å². The molecule has 4 rings (SSSR count). The van der Waals surface area contributed by atoms with Crippen LogP contribution >= 0.6 is 11.5 Å². The number of anilines is 1. The van der Waals surface area contributed by atoms with Gasteiger partial charge in [0.15, 0.2) is 0 Å². The second-order valence-electron chi connectivity index (χ2n) is 5.15. The summed E-state index contributed by atoms with van der Waals surface area (Å²) >= 11 is 1.43. The summed E-state index contributed by atoms with van der Waals surface area (Å²) in [5.41, 5.74) is 3.03. The number of nitrogens with zero attached hydrogens (tertiary/aromatic N) is 3. The van der Waals surface area contributed by atoms with E-state index in [9.17, 15) is 0 Å². The summed E-state index contributed by atoms with van der Waals surface area (Å²) in [7, 11) is 0. The lowest BCUT2D eigenvalue weighted by molar-refractivity contribution is 0.568. The lowest BCUT2D eigenvalue weighted by Gasteiger charge is -2.03. The third-order valence-corrected chi connectivity index (χ3v) is 4.16. The van der Waals surface area contributed by atoms with Gasteiger partial charge in [-0.1, -0.05) is 6.07 Å². The Bertz CT molecular complexity index is 716. The molecular formula is C15H14N4OS. The predicted molar refractivity (Wildman–Crippen MR) is 81.1 cm³/mol. The van der Waals surface area contributed by atoms with Gasteiger partial charge in [-0.15, -0.1) is 0 Å². The molecule has 0 amide bonds. The number of pyridine rings is 1. The molecular weight excluding hydrogens is 284 g/mol. The SMILES string of the molecule is c1cc(-c2ccc(CNc3nc(C4CC4)ns3)cn2)co1. The summed E-state index contributed by atoms with van der Waals surface area (Å²) in [6.45, 7) is 0.706. The van der Waals surface area contributed by atoms with Gasteiger partial charge < -0.3 is 9.73 Å². The van der Waals surface area contributed by atoms with Crippen molar-refractivity contribution >= 4 is 16.7 Å². The standard InChI is InChI=1S/C15H14N4OS/c1-4-13(12-5-6-20-9-12)16-7-10(1)8-17-15-18-14(19-21-15)11-2-3-11/h1,4-7,9,11H,2-3,8H2,(H,17,18,19). The minimum atomic E-state index is 0.604. The zero-order valence-electron chi connectivity index (χ0n) is 11.3. The van der Waals surface area contributed by atoms with Gasteiger partial charge in [0.05, 0.1) is 18.2 Å². The van der Waals surface area contributed by atoms with Gasteiger partial charge in [0, 0.05) is 35.8 Å². The maximum Gasteiger partial charge on any atom is 0.202 e. The van der Waals surface area contributed by atoms with Gasteiger partial charge in [0.2, 0.25) is 5.13 Å². The Labute approximate surface area is 126 Å². The minimum absolute atomic E-state index is 0.604. The Hall–Kier alpha value is -2.21. The fraction of sp³-hybridized carbons (Fsp3) is 0.267. The number of hydrogen-bond acceptors (Lipinski definition) is 6. The Balaban J connectivity index is 1.40. The van der Waals surface area contributed by atoms with Gasteiger partial charge in [-0.2, -0.15) is 4.37 Å². The van der Waals surface area contributed by atoms with Crippen molar-refractivity contribution in [3.8, 4) is 11.3 Å². The first-order valence-electron chi connectivity index (χ1n) is 6.93. The summed E-state index contributed by atoms with van der Waals surface area (Å²) in [5, 5.41) is 4.19. The fourth-order valence-electron chi connectivity index (χ4n) is 2.10. The number of aromatic nitrogens is 3. The molecule has 0 aromatic carbocycles. The summed E-state index contributed by atoms with van der Waals surface area (Å²) in [4.78, 5) is 8.95. The van der Waals surface area contributed by atoms with E-state index in [2.05, 4.69) is 25.7 Å². The van der Waals surface area contributed by atoms with E-state index in [0.717, 1.165) is 27.8 Å². The highest BCUT2D eigenvalue weighted by Crippen LogP contribution is 2.39. The van der Waals surface area contributed by atoms with E-state index in [-0.39, 0.29) is 0 Å². The highest BCUT2D eigenvalue weighted by Gasteiger charge is 2.27. The van der Waals surface area contributed by atoms with Gasteiger partial charge in [0.25, 0.3) is 0 Å². The van der Waals surface area contributed by atoms with Crippen LogP contribution in [0.5, 0.6) is 0 Å². The molecule has 1 saturated carbocycles. The fourth-order valence-corrected chi connectivity index (χ4v) is 2.74. The number of rotatable bonds is 5. The van der Waals surface area contributed by atoms with Crippen LogP contribution in [0.4, 0.5) is 5.13 Å². The van der Waals surface area contributed by atoms with Crippen LogP contribution in [0.2, 0.25) is 0 Å². The van der Waals surface area contributed by atoms with E-state index < -0.39 is 0 Å². The highest BCUT2D eigenvalue weighted by molar-refractivity contribution is 7.09. The molecule has 0 spiro atoms. The van der Waals surface area contributed by atoms with Crippen LogP contribution in [-0.4, -0.2) is 14.3 Å². The van der Waals surface area contributed by atoms with Crippen LogP contribution in [0.1, 0.15) is 30.1 Å². The normalized spacial score (nSPS) is 14.3. The first kappa shape index (κ1) is 12.5. The molecule has 21 heavy (non-hydrogen) atoms. The molecule has 0 unspecified atom stereocenters. The number of nitrogens with one attached hydrogen (secondary N) is 1. The summed E-state index contributed by atoms with van der Waals surface area (Å²) in [6, 6.07) is 5.96. The lowest BCUT2D eigenvalue weighted by Crippen LogP contribution is -1.99. The third kappa shape index (κ3) is 2.80. The van der Waals surface area contributed by atoms with Crippen molar-refractivity contribution in [2.24, 2.45) is 0 Å². The average Bonchev–Trinajstić information content (AvgIpc) is 3.04. The molecule has 3 aromatic heterocycles. The molecule has 6 heteroatoms. The van der Waals surface area contributed by atoms with E-state index in [1.807, 2.05) is 18.3 Å². The van der Waals surface area contributed by atoms with E-state index >= 15 is 0 Å². The zero-order valence-corrected chi connectivity index (χ0v) is 12.1. The van der Waals surface area contributed by atoms with Crippen LogP contribution < -0.4 is 5.32 Å². The molecule has 1 fully saturated rings. The number of furan rings is 1. The summed E-state index contributed by atoms with van der Waals surface area (Å²) < 4.78 is 9.45. The number of hydrogen-bond donors (Lipinski definition) is 1. The Kier molecular flexibility index (Phi) is 3.16. The largest absolute Gasteiger partial charge is 0.472 e. The van der Waals surface area contributed by atoms with Crippen molar-refractivity contribution in [1.82, 2.24) is 14.3 Å². The van der Waals surface area contributed by atoms with Gasteiger partial charge >= 0.3 is 0 Å². The average molecular weight is 298 g/mol. The topological polar surface area (TPSA) is 63.8 Å². The van der Waals surface area contributed by atoms with Crippen LogP contribution in [0.3, 0.4) is 0 Å². The van der Waals surface area contributed by atoms with Crippen LogP contribution in [0.25, 0.3) is 11.3 Å². The Morgan fingerprint density at radius 3 is 2.95 bits per heavy atom. The first-order chi connectivity index (χ1) is 10.4. The Morgan fingerprint density at radius 1 is 1.29 bits per heavy atom. The van der Waals surface area contributed by atoms with E-state index in [1.165, 1.54) is 24.4 Å². The van der Waals surface area contributed by atoms with Gasteiger partial charge in [-0.05, 0) is 30.5 Å². The third-order valence-electron chi connectivity index (χ3n) is 3.47. The smallest absolute Gasteiger partial charge is 0.202 e. The highest BCUT2D eigenvalue weighted by atomic mass is 32.1. The molecule has 0 saturated heterocycles. The maximum absolute atomic E-state index is 5.06. The molecule has 1 N–H and O–H groups in total. The molecule has 0 radical (unpaired) electrons. The van der Waals surface area contributed by atoms with Crippen LogP contribution in [0.15, 0.2) is 41.3 Å². The summed E-state index contributed by atoms with van der Waals surface area (Å²) in [6.07, 6.45) is 7.68. The zero-order chi connectivity index (χ0) is 14.1. The van der Waals surface area contributed by atoms with Crippen LogP contribution in [0, 0.1) is 0 Å². The van der Waals surface area contributed by atoms with Crippen molar-refractivity contribution in [2.45, 2.75) is 25.3 Å². The second kappa shape index (κ2) is 5.29. The molecule has 0 aliphatic heterocycles. The van der Waals surface area contributed by atoms with E-state index in [0.29, 0.717) is 12.5 Å². The lowest BCUT2D eigenvalue weighted by atomic mass is 10.2. The van der Waals surface area contributed by atoms with Crippen molar-refractivity contribution in [1.29, 1.82) is 0 Å². The molecule has 0 bridgehead atoms. The maximum atomic E-state index is 5.06. The van der Waals surface area contributed by atoms with Crippen molar-refractivity contribution in [3.05, 3.63) is 48.3 Å². The molecule has 1 aliphatic rings. The van der Waals surface area contributed by atoms with Gasteiger partial charge in [-0.25, -0.2) is 4.98 Å².